The predicted octanol–water partition coefficient (Wildman–Crippen LogP) is 2.37. The summed E-state index contributed by atoms with van der Waals surface area (Å²) in [6, 6.07) is 6.62. The average molecular weight is 292 g/mol. The lowest BCUT2D eigenvalue weighted by Gasteiger charge is -2.37. The van der Waals surface area contributed by atoms with Crippen LogP contribution in [0.25, 0.3) is 0 Å². The summed E-state index contributed by atoms with van der Waals surface area (Å²) < 4.78 is 11.3. The first-order valence-electron chi connectivity index (χ1n) is 7.73. The van der Waals surface area contributed by atoms with Crippen LogP contribution >= 0.6 is 0 Å². The van der Waals surface area contributed by atoms with Gasteiger partial charge in [0.25, 0.3) is 0 Å². The molecule has 1 saturated heterocycles. The van der Waals surface area contributed by atoms with E-state index in [1.807, 2.05) is 7.05 Å². The second kappa shape index (κ2) is 7.25. The maximum atomic E-state index is 5.81. The van der Waals surface area contributed by atoms with Crippen molar-refractivity contribution >= 4 is 0 Å². The fraction of sp³-hybridized carbons (Fsp3) is 0.647. The number of morpholine rings is 1. The minimum Gasteiger partial charge on any atom is -0.496 e. The topological polar surface area (TPSA) is 33.7 Å². The highest BCUT2D eigenvalue weighted by atomic mass is 16.5. The van der Waals surface area contributed by atoms with E-state index in [-0.39, 0.29) is 6.04 Å². The van der Waals surface area contributed by atoms with Crippen LogP contribution in [-0.2, 0) is 4.74 Å². The van der Waals surface area contributed by atoms with Gasteiger partial charge in [0.15, 0.2) is 0 Å². The molecule has 0 bridgehead atoms. The van der Waals surface area contributed by atoms with E-state index in [0.717, 1.165) is 25.4 Å². The minimum atomic E-state index is 0.261. The van der Waals surface area contributed by atoms with E-state index in [1.165, 1.54) is 11.1 Å². The van der Waals surface area contributed by atoms with Crippen molar-refractivity contribution in [3.05, 3.63) is 29.3 Å². The number of benzene rings is 1. The van der Waals surface area contributed by atoms with Gasteiger partial charge in [0.05, 0.1) is 19.3 Å². The van der Waals surface area contributed by atoms with Crippen molar-refractivity contribution in [2.75, 3.05) is 33.8 Å². The lowest BCUT2D eigenvalue weighted by molar-refractivity contribution is -0.0698. The SMILES string of the molecule is CNC(CN1CC(C)OC(C)C1)c1cc(C)ccc1OC. The molecule has 0 radical (unpaired) electrons. The van der Waals surface area contributed by atoms with Gasteiger partial charge in [-0.1, -0.05) is 17.7 Å². The highest BCUT2D eigenvalue weighted by molar-refractivity contribution is 5.39. The highest BCUT2D eigenvalue weighted by Gasteiger charge is 2.25. The fourth-order valence-corrected chi connectivity index (χ4v) is 3.16. The number of rotatable bonds is 5. The molecule has 4 nitrogen and oxygen atoms in total. The Hall–Kier alpha value is -1.10. The molecule has 3 unspecified atom stereocenters. The molecule has 1 N–H and O–H groups in total. The molecular weight excluding hydrogens is 264 g/mol. The van der Waals surface area contributed by atoms with Crippen molar-refractivity contribution in [1.29, 1.82) is 0 Å². The summed E-state index contributed by atoms with van der Waals surface area (Å²) in [5, 5.41) is 3.43. The monoisotopic (exact) mass is 292 g/mol. The van der Waals surface area contributed by atoms with Gasteiger partial charge in [-0.15, -0.1) is 0 Å². The summed E-state index contributed by atoms with van der Waals surface area (Å²) in [7, 11) is 3.75. The molecule has 1 aliphatic heterocycles. The average Bonchev–Trinajstić information content (AvgIpc) is 2.43. The summed E-state index contributed by atoms with van der Waals surface area (Å²) in [5.41, 5.74) is 2.49. The van der Waals surface area contributed by atoms with Crippen LogP contribution in [0.3, 0.4) is 0 Å². The maximum absolute atomic E-state index is 5.81. The lowest BCUT2D eigenvalue weighted by Crippen LogP contribution is -2.48. The number of ether oxygens (including phenoxy) is 2. The zero-order valence-corrected chi connectivity index (χ0v) is 13.8. The Kier molecular flexibility index (Phi) is 5.62. The molecule has 3 atom stereocenters. The van der Waals surface area contributed by atoms with Crippen LogP contribution in [0.15, 0.2) is 18.2 Å². The number of nitrogens with one attached hydrogen (secondary N) is 1. The van der Waals surface area contributed by atoms with Crippen molar-refractivity contribution in [3.63, 3.8) is 0 Å². The normalized spacial score (nSPS) is 24.8. The van der Waals surface area contributed by atoms with Crippen molar-refractivity contribution in [3.8, 4) is 5.75 Å². The Morgan fingerprint density at radius 2 is 2.00 bits per heavy atom. The molecule has 0 saturated carbocycles. The lowest BCUT2D eigenvalue weighted by atomic mass is 10.0. The van der Waals surface area contributed by atoms with Crippen LogP contribution in [0.4, 0.5) is 0 Å². The van der Waals surface area contributed by atoms with E-state index >= 15 is 0 Å². The molecule has 1 aliphatic rings. The molecule has 0 aliphatic carbocycles. The first-order valence-corrected chi connectivity index (χ1v) is 7.73. The van der Waals surface area contributed by atoms with Gasteiger partial charge in [-0.05, 0) is 33.9 Å². The molecule has 4 heteroatoms. The van der Waals surface area contributed by atoms with Gasteiger partial charge in [0.2, 0.25) is 0 Å². The minimum absolute atomic E-state index is 0.261. The zero-order valence-electron chi connectivity index (χ0n) is 13.8. The van der Waals surface area contributed by atoms with Gasteiger partial charge >= 0.3 is 0 Å². The van der Waals surface area contributed by atoms with Crippen LogP contribution in [0.1, 0.15) is 31.0 Å². The van der Waals surface area contributed by atoms with Gasteiger partial charge in [0, 0.05) is 31.2 Å². The van der Waals surface area contributed by atoms with Gasteiger partial charge in [-0.2, -0.15) is 0 Å². The molecule has 21 heavy (non-hydrogen) atoms. The predicted molar refractivity (Wildman–Crippen MR) is 86.0 cm³/mol. The van der Waals surface area contributed by atoms with E-state index in [1.54, 1.807) is 7.11 Å². The number of aryl methyl sites for hydroxylation is 1. The number of likely N-dealkylation sites (N-methyl/N-ethyl adjacent to an activating group) is 1. The molecule has 1 aromatic rings. The number of hydrogen-bond donors (Lipinski definition) is 1. The largest absolute Gasteiger partial charge is 0.496 e. The van der Waals surface area contributed by atoms with Crippen LogP contribution in [0.5, 0.6) is 5.75 Å². The third-order valence-corrected chi connectivity index (χ3v) is 4.05. The van der Waals surface area contributed by atoms with Crippen LogP contribution in [0, 0.1) is 6.92 Å². The van der Waals surface area contributed by atoms with Crippen molar-refractivity contribution in [1.82, 2.24) is 10.2 Å². The van der Waals surface area contributed by atoms with Crippen molar-refractivity contribution < 1.29 is 9.47 Å². The van der Waals surface area contributed by atoms with E-state index in [0.29, 0.717) is 12.2 Å². The van der Waals surface area contributed by atoms with Crippen LogP contribution < -0.4 is 10.1 Å². The van der Waals surface area contributed by atoms with Gasteiger partial charge in [0.1, 0.15) is 5.75 Å². The van der Waals surface area contributed by atoms with Gasteiger partial charge in [-0.25, -0.2) is 0 Å². The molecule has 1 heterocycles. The molecule has 118 valence electrons. The summed E-state index contributed by atoms with van der Waals surface area (Å²) in [4.78, 5) is 2.47. The van der Waals surface area contributed by atoms with E-state index < -0.39 is 0 Å². The molecule has 1 fully saturated rings. The zero-order chi connectivity index (χ0) is 15.4. The van der Waals surface area contributed by atoms with Crippen molar-refractivity contribution in [2.24, 2.45) is 0 Å². The quantitative estimate of drug-likeness (QED) is 0.903. The van der Waals surface area contributed by atoms with E-state index in [4.69, 9.17) is 9.47 Å². The third kappa shape index (κ3) is 4.19. The first-order chi connectivity index (χ1) is 10.0. The Bertz CT molecular complexity index is 454. The third-order valence-electron chi connectivity index (χ3n) is 4.05. The molecule has 0 aromatic heterocycles. The Labute approximate surface area is 128 Å². The van der Waals surface area contributed by atoms with E-state index in [9.17, 15) is 0 Å². The second-order valence-electron chi connectivity index (χ2n) is 6.06. The Morgan fingerprint density at radius 3 is 2.57 bits per heavy atom. The standard InChI is InChI=1S/C17H28N2O2/c1-12-6-7-17(20-5)15(8-12)16(18-4)11-19-9-13(2)21-14(3)10-19/h6-8,13-14,16,18H,9-11H2,1-5H3. The maximum Gasteiger partial charge on any atom is 0.123 e. The van der Waals surface area contributed by atoms with Crippen LogP contribution in [-0.4, -0.2) is 50.9 Å². The highest BCUT2D eigenvalue weighted by Crippen LogP contribution is 2.27. The molecule has 0 spiro atoms. The van der Waals surface area contributed by atoms with Gasteiger partial charge in [-0.3, -0.25) is 4.90 Å². The second-order valence-corrected chi connectivity index (χ2v) is 6.06. The smallest absolute Gasteiger partial charge is 0.123 e. The summed E-state index contributed by atoms with van der Waals surface area (Å²) >= 11 is 0. The Balaban J connectivity index is 2.14. The number of hydrogen-bond acceptors (Lipinski definition) is 4. The molecule has 1 aromatic carbocycles. The summed E-state index contributed by atoms with van der Waals surface area (Å²) in [6.45, 7) is 9.34. The van der Waals surface area contributed by atoms with Gasteiger partial charge < -0.3 is 14.8 Å². The molecule has 2 rings (SSSR count). The summed E-state index contributed by atoms with van der Waals surface area (Å²) in [6.07, 6.45) is 0.594. The number of nitrogens with zero attached hydrogens (tertiary/aromatic N) is 1. The van der Waals surface area contributed by atoms with Crippen LogP contribution in [0.2, 0.25) is 0 Å². The first kappa shape index (κ1) is 16.3. The molecular formula is C17H28N2O2. The molecule has 0 amide bonds. The van der Waals surface area contributed by atoms with Crippen molar-refractivity contribution in [2.45, 2.75) is 39.0 Å². The Morgan fingerprint density at radius 1 is 1.33 bits per heavy atom. The number of methoxy groups -OCH3 is 1. The fourth-order valence-electron chi connectivity index (χ4n) is 3.16. The summed E-state index contributed by atoms with van der Waals surface area (Å²) in [5.74, 6) is 0.953. The van der Waals surface area contributed by atoms with E-state index in [2.05, 4.69) is 49.2 Å².